The average molecular weight is 396 g/mol. The summed E-state index contributed by atoms with van der Waals surface area (Å²) in [6.07, 6.45) is -0.321. The molecule has 0 aromatic carbocycles. The molecule has 0 aliphatic rings. The number of hydrogen-bond donors (Lipinski definition) is 3. The number of aliphatic hydroxyl groups excluding tert-OH is 1. The maximum absolute atomic E-state index is 12.6. The lowest BCUT2D eigenvalue weighted by Crippen LogP contribution is -2.62. The van der Waals surface area contributed by atoms with Gasteiger partial charge < -0.3 is 19.9 Å². The summed E-state index contributed by atoms with van der Waals surface area (Å²) in [4.78, 5) is 37.4. The van der Waals surface area contributed by atoms with Crippen molar-refractivity contribution in [2.45, 2.75) is 39.3 Å². The maximum Gasteiger partial charge on any atom is 0.346 e. The van der Waals surface area contributed by atoms with Gasteiger partial charge in [-0.1, -0.05) is 11.8 Å². The van der Waals surface area contributed by atoms with Gasteiger partial charge in [-0.15, -0.1) is 11.3 Å². The number of nitrogens with two attached hydrogens (primary N) is 1. The first-order valence-electron chi connectivity index (χ1n) is 8.41. The summed E-state index contributed by atoms with van der Waals surface area (Å²) < 4.78 is 9.78. The lowest BCUT2D eigenvalue weighted by molar-refractivity contribution is -0.152. The molecular weight excluding hydrogens is 372 g/mol. The minimum Gasteiger partial charge on any atom is -0.466 e. The van der Waals surface area contributed by atoms with Crippen molar-refractivity contribution in [3.63, 3.8) is 0 Å². The summed E-state index contributed by atoms with van der Waals surface area (Å²) in [6.45, 7) is 4.98. The maximum atomic E-state index is 12.6. The molecule has 9 heteroatoms. The Morgan fingerprint density at radius 1 is 1.30 bits per heavy atom. The zero-order chi connectivity index (χ0) is 20.4. The number of ether oxygens (including phenoxy) is 2. The normalized spacial score (nSPS) is 12.3. The highest BCUT2D eigenvalue weighted by molar-refractivity contribution is 7.14. The fraction of sp³-hybridized carbons (Fsp3) is 0.500. The van der Waals surface area contributed by atoms with Gasteiger partial charge in [0.15, 0.2) is 5.66 Å². The van der Waals surface area contributed by atoms with Crippen LogP contribution in [0.1, 0.15) is 46.8 Å². The largest absolute Gasteiger partial charge is 0.466 e. The van der Waals surface area contributed by atoms with Crippen molar-refractivity contribution < 1.29 is 29.0 Å². The molecule has 0 aliphatic heterocycles. The van der Waals surface area contributed by atoms with Crippen LogP contribution in [0.2, 0.25) is 0 Å². The van der Waals surface area contributed by atoms with Gasteiger partial charge in [0.1, 0.15) is 6.61 Å². The molecule has 27 heavy (non-hydrogen) atoms. The Hall–Kier alpha value is -2.41. The van der Waals surface area contributed by atoms with Gasteiger partial charge in [0.25, 0.3) is 5.91 Å². The van der Waals surface area contributed by atoms with E-state index in [2.05, 4.69) is 17.2 Å². The Kier molecular flexibility index (Phi) is 8.94. The van der Waals surface area contributed by atoms with E-state index >= 15 is 0 Å². The number of thiophene rings is 1. The number of aryl methyl sites for hydroxylation is 1. The summed E-state index contributed by atoms with van der Waals surface area (Å²) in [5.41, 5.74) is 4.86. The molecule has 0 spiro atoms. The van der Waals surface area contributed by atoms with Crippen LogP contribution in [0.4, 0.5) is 0 Å². The first kappa shape index (κ1) is 22.6. The Morgan fingerprint density at radius 2 is 1.96 bits per heavy atom. The second-order valence-corrected chi connectivity index (χ2v) is 6.59. The second-order valence-electron chi connectivity index (χ2n) is 5.53. The van der Waals surface area contributed by atoms with Crippen molar-refractivity contribution in [2.75, 3.05) is 19.8 Å². The minimum atomic E-state index is -1.87. The molecule has 0 unspecified atom stereocenters. The first-order valence-corrected chi connectivity index (χ1v) is 9.23. The second kappa shape index (κ2) is 10.7. The summed E-state index contributed by atoms with van der Waals surface area (Å²) in [5, 5.41) is 11.2. The highest BCUT2D eigenvalue weighted by Crippen LogP contribution is 2.22. The zero-order valence-corrected chi connectivity index (χ0v) is 16.4. The number of amides is 1. The lowest BCUT2D eigenvalue weighted by Gasteiger charge is -2.27. The fourth-order valence-electron chi connectivity index (χ4n) is 2.16. The van der Waals surface area contributed by atoms with E-state index in [1.54, 1.807) is 26.8 Å². The molecule has 4 N–H and O–H groups in total. The van der Waals surface area contributed by atoms with Gasteiger partial charge in [0.05, 0.1) is 23.0 Å². The SMILES string of the molecule is CCOC(=O)CC[C@@](N)(NC(=O)c1sc(C#CCO)cc1C)C(=O)OCC. The van der Waals surface area contributed by atoms with Crippen LogP contribution in [0, 0.1) is 18.8 Å². The molecule has 1 amide bonds. The third kappa shape index (κ3) is 6.67. The molecule has 1 aromatic rings. The quantitative estimate of drug-likeness (QED) is 0.335. The molecule has 148 valence electrons. The third-order valence-corrected chi connectivity index (χ3v) is 4.57. The van der Waals surface area contributed by atoms with Crippen LogP contribution in [0.3, 0.4) is 0 Å². The molecule has 0 saturated carbocycles. The van der Waals surface area contributed by atoms with E-state index in [1.807, 2.05) is 0 Å². The van der Waals surface area contributed by atoms with E-state index in [0.29, 0.717) is 15.3 Å². The van der Waals surface area contributed by atoms with Crippen LogP contribution < -0.4 is 11.1 Å². The number of rotatable bonds is 8. The Morgan fingerprint density at radius 3 is 2.56 bits per heavy atom. The van der Waals surface area contributed by atoms with E-state index in [4.69, 9.17) is 20.3 Å². The monoisotopic (exact) mass is 396 g/mol. The van der Waals surface area contributed by atoms with Crippen molar-refractivity contribution in [3.05, 3.63) is 21.4 Å². The van der Waals surface area contributed by atoms with E-state index in [0.717, 1.165) is 11.3 Å². The Labute approximate surface area is 162 Å². The van der Waals surface area contributed by atoms with Crippen LogP contribution in [-0.4, -0.2) is 48.4 Å². The molecule has 0 radical (unpaired) electrons. The van der Waals surface area contributed by atoms with E-state index in [9.17, 15) is 14.4 Å². The standard InChI is InChI=1S/C18H24N2O6S/c1-4-25-14(22)8-9-18(19,17(24)26-5-2)20-16(23)15-12(3)11-13(27-15)7-6-10-21/h11,21H,4-5,8-10,19H2,1-3H3,(H,20,23)/t18-/m1/s1. The number of esters is 2. The average Bonchev–Trinajstić information content (AvgIpc) is 2.99. The summed E-state index contributed by atoms with van der Waals surface area (Å²) in [6, 6.07) is 1.70. The molecule has 0 fully saturated rings. The lowest BCUT2D eigenvalue weighted by atomic mass is 10.0. The summed E-state index contributed by atoms with van der Waals surface area (Å²) in [5.74, 6) is 3.29. The van der Waals surface area contributed by atoms with Gasteiger partial charge in [-0.2, -0.15) is 0 Å². The van der Waals surface area contributed by atoms with Crippen LogP contribution in [0.25, 0.3) is 0 Å². The molecule has 1 heterocycles. The molecule has 0 aliphatic carbocycles. The van der Waals surface area contributed by atoms with Gasteiger partial charge in [-0.25, -0.2) is 4.79 Å². The van der Waals surface area contributed by atoms with Crippen molar-refractivity contribution in [1.82, 2.24) is 5.32 Å². The summed E-state index contributed by atoms with van der Waals surface area (Å²) >= 11 is 1.11. The van der Waals surface area contributed by atoms with Gasteiger partial charge in [0, 0.05) is 12.8 Å². The van der Waals surface area contributed by atoms with Gasteiger partial charge in [-0.3, -0.25) is 15.3 Å². The molecule has 1 aromatic heterocycles. The van der Waals surface area contributed by atoms with Crippen LogP contribution in [0.5, 0.6) is 0 Å². The zero-order valence-electron chi connectivity index (χ0n) is 15.6. The van der Waals surface area contributed by atoms with E-state index in [-0.39, 0.29) is 32.7 Å². The Balaban J connectivity index is 3.00. The number of carbonyl (C=O) groups excluding carboxylic acids is 3. The van der Waals surface area contributed by atoms with E-state index in [1.165, 1.54) is 0 Å². The predicted molar refractivity (Wildman–Crippen MR) is 99.9 cm³/mol. The van der Waals surface area contributed by atoms with Crippen molar-refractivity contribution in [2.24, 2.45) is 5.73 Å². The molecule has 1 atom stereocenters. The number of carbonyl (C=O) groups is 3. The van der Waals surface area contributed by atoms with E-state index < -0.39 is 23.5 Å². The first-order chi connectivity index (χ1) is 12.8. The molecular formula is C18H24N2O6S. The van der Waals surface area contributed by atoms with Crippen LogP contribution in [0.15, 0.2) is 6.07 Å². The predicted octanol–water partition coefficient (Wildman–Crippen LogP) is 0.692. The minimum absolute atomic E-state index is 0.0754. The number of aliphatic hydroxyl groups is 1. The highest BCUT2D eigenvalue weighted by Gasteiger charge is 2.38. The van der Waals surface area contributed by atoms with Crippen LogP contribution in [-0.2, 0) is 19.1 Å². The van der Waals surface area contributed by atoms with Crippen molar-refractivity contribution >= 4 is 29.2 Å². The fourth-order valence-corrected chi connectivity index (χ4v) is 3.11. The molecule has 0 bridgehead atoms. The molecule has 8 nitrogen and oxygen atoms in total. The topological polar surface area (TPSA) is 128 Å². The highest BCUT2D eigenvalue weighted by atomic mass is 32.1. The number of hydrogen-bond acceptors (Lipinski definition) is 8. The van der Waals surface area contributed by atoms with Gasteiger partial charge >= 0.3 is 11.9 Å². The number of nitrogens with one attached hydrogen (secondary N) is 1. The summed E-state index contributed by atoms with van der Waals surface area (Å²) in [7, 11) is 0. The molecule has 0 saturated heterocycles. The smallest absolute Gasteiger partial charge is 0.346 e. The third-order valence-electron chi connectivity index (χ3n) is 3.42. The Bertz CT molecular complexity index is 749. The van der Waals surface area contributed by atoms with Gasteiger partial charge in [-0.05, 0) is 32.4 Å². The van der Waals surface area contributed by atoms with Crippen LogP contribution >= 0.6 is 11.3 Å². The van der Waals surface area contributed by atoms with Gasteiger partial charge in [0.2, 0.25) is 0 Å². The van der Waals surface area contributed by atoms with Crippen molar-refractivity contribution in [1.29, 1.82) is 0 Å². The van der Waals surface area contributed by atoms with Crippen molar-refractivity contribution in [3.8, 4) is 11.8 Å². The molecule has 1 rings (SSSR count).